The fourth-order valence-corrected chi connectivity index (χ4v) is 1.81. The Morgan fingerprint density at radius 2 is 1.68 bits per heavy atom. The highest BCUT2D eigenvalue weighted by Gasteiger charge is 2.05. The van der Waals surface area contributed by atoms with Crippen molar-refractivity contribution >= 4 is 29.5 Å². The molecule has 112 valence electrons. The van der Waals surface area contributed by atoms with Crippen LogP contribution in [0.5, 0.6) is 0 Å². The molecule has 0 spiro atoms. The van der Waals surface area contributed by atoms with E-state index in [1.54, 1.807) is 24.3 Å². The fraction of sp³-hybridized carbons (Fsp3) is 0. The number of carbonyl (C=O) groups excluding carboxylic acids is 2. The SMILES string of the molecule is O=C(/C=C/c1ccccc1Cl)NNC(=O)c1ccc(F)cc1. The topological polar surface area (TPSA) is 58.2 Å². The number of amides is 2. The molecule has 4 nitrogen and oxygen atoms in total. The van der Waals surface area contributed by atoms with Gasteiger partial charge in [-0.15, -0.1) is 0 Å². The monoisotopic (exact) mass is 318 g/mol. The Morgan fingerprint density at radius 3 is 2.36 bits per heavy atom. The van der Waals surface area contributed by atoms with Gasteiger partial charge in [-0.25, -0.2) is 4.39 Å². The lowest BCUT2D eigenvalue weighted by Gasteiger charge is -2.05. The maximum Gasteiger partial charge on any atom is 0.269 e. The molecule has 6 heteroatoms. The molecular weight excluding hydrogens is 307 g/mol. The number of halogens is 2. The average Bonchev–Trinajstić information content (AvgIpc) is 2.52. The highest BCUT2D eigenvalue weighted by Crippen LogP contribution is 2.15. The molecule has 2 aromatic rings. The quantitative estimate of drug-likeness (QED) is 0.675. The van der Waals surface area contributed by atoms with Gasteiger partial charge in [0.1, 0.15) is 5.82 Å². The maximum atomic E-state index is 12.7. The van der Waals surface area contributed by atoms with E-state index in [4.69, 9.17) is 11.6 Å². The van der Waals surface area contributed by atoms with Crippen LogP contribution in [0.15, 0.2) is 54.6 Å². The van der Waals surface area contributed by atoms with Crippen molar-refractivity contribution in [3.05, 3.63) is 76.6 Å². The van der Waals surface area contributed by atoms with Crippen LogP contribution < -0.4 is 10.9 Å². The van der Waals surface area contributed by atoms with E-state index in [9.17, 15) is 14.0 Å². The summed E-state index contributed by atoms with van der Waals surface area (Å²) in [6.07, 6.45) is 2.77. The first-order chi connectivity index (χ1) is 10.6. The van der Waals surface area contributed by atoms with E-state index in [2.05, 4.69) is 10.9 Å². The fourth-order valence-electron chi connectivity index (χ4n) is 1.61. The summed E-state index contributed by atoms with van der Waals surface area (Å²) >= 11 is 5.94. The molecule has 0 radical (unpaired) electrons. The summed E-state index contributed by atoms with van der Waals surface area (Å²) in [7, 11) is 0. The zero-order chi connectivity index (χ0) is 15.9. The molecule has 22 heavy (non-hydrogen) atoms. The molecule has 2 rings (SSSR count). The van der Waals surface area contributed by atoms with Crippen LogP contribution >= 0.6 is 11.6 Å². The molecule has 0 saturated heterocycles. The summed E-state index contributed by atoms with van der Waals surface area (Å²) in [5.74, 6) is -1.50. The number of nitrogens with one attached hydrogen (secondary N) is 2. The predicted molar refractivity (Wildman–Crippen MR) is 82.5 cm³/mol. The number of carbonyl (C=O) groups is 2. The zero-order valence-electron chi connectivity index (χ0n) is 11.3. The molecule has 0 aliphatic heterocycles. The van der Waals surface area contributed by atoms with Gasteiger partial charge in [-0.2, -0.15) is 0 Å². The van der Waals surface area contributed by atoms with Gasteiger partial charge >= 0.3 is 0 Å². The lowest BCUT2D eigenvalue weighted by molar-refractivity contribution is -0.117. The third kappa shape index (κ3) is 4.43. The Morgan fingerprint density at radius 1 is 1.00 bits per heavy atom. The van der Waals surface area contributed by atoms with Crippen LogP contribution in [0.2, 0.25) is 5.02 Å². The van der Waals surface area contributed by atoms with E-state index >= 15 is 0 Å². The standard InChI is InChI=1S/C16H12ClFN2O2/c17-14-4-2-1-3-11(14)7-10-15(21)19-20-16(22)12-5-8-13(18)9-6-12/h1-10H,(H,19,21)(H,20,22)/b10-7+. The highest BCUT2D eigenvalue weighted by atomic mass is 35.5. The number of hydrogen-bond donors (Lipinski definition) is 2. The maximum absolute atomic E-state index is 12.7. The third-order valence-electron chi connectivity index (χ3n) is 2.73. The van der Waals surface area contributed by atoms with Crippen LogP contribution in [-0.2, 0) is 4.79 Å². The summed E-state index contributed by atoms with van der Waals surface area (Å²) in [5.41, 5.74) is 5.36. The molecule has 0 heterocycles. The molecule has 0 atom stereocenters. The van der Waals surface area contributed by atoms with Crippen molar-refractivity contribution in [1.82, 2.24) is 10.9 Å². The molecule has 0 unspecified atom stereocenters. The summed E-state index contributed by atoms with van der Waals surface area (Å²) in [6.45, 7) is 0. The summed E-state index contributed by atoms with van der Waals surface area (Å²) in [6, 6.07) is 12.0. The van der Waals surface area contributed by atoms with E-state index in [0.717, 1.165) is 12.1 Å². The average molecular weight is 319 g/mol. The van der Waals surface area contributed by atoms with Crippen molar-refractivity contribution in [1.29, 1.82) is 0 Å². The number of rotatable bonds is 3. The van der Waals surface area contributed by atoms with E-state index in [1.165, 1.54) is 24.3 Å². The van der Waals surface area contributed by atoms with Crippen molar-refractivity contribution in [2.45, 2.75) is 0 Å². The second-order valence-electron chi connectivity index (χ2n) is 4.31. The van der Waals surface area contributed by atoms with Crippen molar-refractivity contribution in [2.24, 2.45) is 0 Å². The molecule has 0 aliphatic carbocycles. The minimum Gasteiger partial charge on any atom is -0.268 e. The molecule has 0 bridgehead atoms. The minimum atomic E-state index is -0.542. The first kappa shape index (κ1) is 15.7. The van der Waals surface area contributed by atoms with Gasteiger partial charge < -0.3 is 0 Å². The van der Waals surface area contributed by atoms with Crippen molar-refractivity contribution in [2.75, 3.05) is 0 Å². The second-order valence-corrected chi connectivity index (χ2v) is 4.71. The normalized spacial score (nSPS) is 10.5. The first-order valence-corrected chi connectivity index (χ1v) is 6.72. The van der Waals surface area contributed by atoms with Crippen LogP contribution in [-0.4, -0.2) is 11.8 Å². The van der Waals surface area contributed by atoms with Crippen LogP contribution in [0.25, 0.3) is 6.08 Å². The molecule has 0 saturated carbocycles. The summed E-state index contributed by atoms with van der Waals surface area (Å²) in [4.78, 5) is 23.3. The Balaban J connectivity index is 1.89. The van der Waals surface area contributed by atoms with E-state index in [1.807, 2.05) is 0 Å². The van der Waals surface area contributed by atoms with E-state index < -0.39 is 17.6 Å². The van der Waals surface area contributed by atoms with E-state index in [0.29, 0.717) is 10.6 Å². The Hall–Kier alpha value is -2.66. The molecular formula is C16H12ClFN2O2. The lowest BCUT2D eigenvalue weighted by atomic mass is 10.2. The van der Waals surface area contributed by atoms with Crippen molar-refractivity contribution in [3.8, 4) is 0 Å². The third-order valence-corrected chi connectivity index (χ3v) is 3.07. The number of benzene rings is 2. The lowest BCUT2D eigenvalue weighted by Crippen LogP contribution is -2.40. The Labute approximate surface area is 131 Å². The van der Waals surface area contributed by atoms with Crippen LogP contribution in [0.3, 0.4) is 0 Å². The predicted octanol–water partition coefficient (Wildman–Crippen LogP) is 2.95. The molecule has 2 amide bonds. The highest BCUT2D eigenvalue weighted by molar-refractivity contribution is 6.32. The first-order valence-electron chi connectivity index (χ1n) is 6.35. The summed E-state index contributed by atoms with van der Waals surface area (Å²) in [5, 5.41) is 0.516. The van der Waals surface area contributed by atoms with Crippen molar-refractivity contribution < 1.29 is 14.0 Å². The molecule has 0 fully saturated rings. The smallest absolute Gasteiger partial charge is 0.268 e. The van der Waals surface area contributed by atoms with Gasteiger partial charge in [0.25, 0.3) is 11.8 Å². The Kier molecular flexibility index (Phi) is 5.27. The van der Waals surface area contributed by atoms with Crippen LogP contribution in [0.4, 0.5) is 4.39 Å². The van der Waals surface area contributed by atoms with Gasteiger partial charge in [0, 0.05) is 16.7 Å². The van der Waals surface area contributed by atoms with Gasteiger partial charge in [0.2, 0.25) is 0 Å². The van der Waals surface area contributed by atoms with Gasteiger partial charge in [0.15, 0.2) is 0 Å². The van der Waals surface area contributed by atoms with Crippen LogP contribution in [0.1, 0.15) is 15.9 Å². The van der Waals surface area contributed by atoms with Gasteiger partial charge in [-0.05, 0) is 42.0 Å². The van der Waals surface area contributed by atoms with Gasteiger partial charge in [-0.3, -0.25) is 20.4 Å². The minimum absolute atomic E-state index is 0.233. The number of hydrazine groups is 1. The van der Waals surface area contributed by atoms with Gasteiger partial charge in [-0.1, -0.05) is 29.8 Å². The molecule has 0 aliphatic rings. The number of hydrogen-bond acceptors (Lipinski definition) is 2. The van der Waals surface area contributed by atoms with E-state index in [-0.39, 0.29) is 5.56 Å². The largest absolute Gasteiger partial charge is 0.269 e. The van der Waals surface area contributed by atoms with Crippen LogP contribution in [0, 0.1) is 5.82 Å². The Bertz CT molecular complexity index is 714. The van der Waals surface area contributed by atoms with Crippen molar-refractivity contribution in [3.63, 3.8) is 0 Å². The van der Waals surface area contributed by atoms with Gasteiger partial charge in [0.05, 0.1) is 0 Å². The second kappa shape index (κ2) is 7.38. The molecule has 0 aromatic heterocycles. The summed E-state index contributed by atoms with van der Waals surface area (Å²) < 4.78 is 12.7. The molecule has 2 aromatic carbocycles. The molecule has 2 N–H and O–H groups in total. The zero-order valence-corrected chi connectivity index (χ0v) is 12.1.